The Morgan fingerprint density at radius 3 is 2.30 bits per heavy atom. The van der Waals surface area contributed by atoms with E-state index in [2.05, 4.69) is 4.89 Å². The molecular weight excluding hydrogens is 280 g/mol. The predicted octanol–water partition coefficient (Wildman–Crippen LogP) is 3.19. The number of hydrogen-bond donors (Lipinski definition) is 0. The number of carbonyl (C=O) groups excluding carboxylic acids is 2. The Labute approximate surface area is 122 Å². The van der Waals surface area contributed by atoms with Crippen LogP contribution in [0.5, 0.6) is 0 Å². The summed E-state index contributed by atoms with van der Waals surface area (Å²) in [5, 5.41) is 0. The van der Waals surface area contributed by atoms with E-state index in [1.54, 1.807) is 45.0 Å². The fraction of sp³-hybridized carbons (Fsp3) is 0.429. The molecule has 0 aromatic heterocycles. The Morgan fingerprint density at radius 1 is 1.20 bits per heavy atom. The Morgan fingerprint density at radius 2 is 1.80 bits per heavy atom. The first kappa shape index (κ1) is 16.7. The minimum Gasteiger partial charge on any atom is -0.451 e. The second-order valence-corrected chi connectivity index (χ2v) is 5.28. The molecule has 0 amide bonds. The summed E-state index contributed by atoms with van der Waals surface area (Å²) < 4.78 is 9.88. The molecular formula is C14H18O5S. The molecule has 0 unspecified atom stereocenters. The van der Waals surface area contributed by atoms with E-state index in [1.165, 1.54) is 7.11 Å². The Hall–Kier alpha value is -1.37. The van der Waals surface area contributed by atoms with E-state index in [0.717, 1.165) is 16.9 Å². The molecule has 1 rings (SSSR count). The largest absolute Gasteiger partial charge is 0.451 e. The van der Waals surface area contributed by atoms with Gasteiger partial charge in [-0.15, -0.1) is 0 Å². The highest BCUT2D eigenvalue weighted by atomic mass is 32.2. The molecule has 0 bridgehead atoms. The molecule has 0 aliphatic rings. The highest BCUT2D eigenvalue weighted by Crippen LogP contribution is 2.23. The number of Topliss-reactive ketones (excluding diaryl/α,β-unsaturated/α-hetero) is 1. The molecule has 6 heteroatoms. The van der Waals surface area contributed by atoms with E-state index < -0.39 is 11.6 Å². The lowest BCUT2D eigenvalue weighted by Crippen LogP contribution is -2.37. The first-order valence-corrected chi connectivity index (χ1v) is 6.89. The zero-order valence-electron chi connectivity index (χ0n) is 12.0. The molecule has 0 spiro atoms. The minimum atomic E-state index is -1.18. The third-order valence-electron chi connectivity index (χ3n) is 2.52. The fourth-order valence-corrected chi connectivity index (χ4v) is 1.88. The average molecular weight is 298 g/mol. The van der Waals surface area contributed by atoms with Crippen LogP contribution in [0, 0.1) is 0 Å². The molecule has 20 heavy (non-hydrogen) atoms. The summed E-state index contributed by atoms with van der Waals surface area (Å²) in [5.41, 5.74) is -0.703. The van der Waals surface area contributed by atoms with Crippen molar-refractivity contribution in [1.29, 1.82) is 0 Å². The normalized spacial score (nSPS) is 11.2. The van der Waals surface area contributed by atoms with E-state index in [4.69, 9.17) is 9.07 Å². The van der Waals surface area contributed by atoms with Crippen LogP contribution in [-0.2, 0) is 18.8 Å². The van der Waals surface area contributed by atoms with Gasteiger partial charge in [-0.05, 0) is 26.0 Å². The van der Waals surface area contributed by atoms with Crippen molar-refractivity contribution in [1.82, 2.24) is 0 Å². The smallest absolute Gasteiger partial charge is 0.306 e. The third kappa shape index (κ3) is 4.63. The minimum absolute atomic E-state index is 0.237. The van der Waals surface area contributed by atoms with Crippen molar-refractivity contribution >= 4 is 23.8 Å². The summed E-state index contributed by atoms with van der Waals surface area (Å²) in [5.74, 6) is -0.646. The SMILES string of the molecule is CCC(=O)OC(C)(C)C(=O)c1ccc(SOOC)cc1. The Balaban J connectivity index is 2.78. The molecule has 0 radical (unpaired) electrons. The lowest BCUT2D eigenvalue weighted by molar-refractivity contribution is -0.160. The molecule has 0 aliphatic heterocycles. The van der Waals surface area contributed by atoms with Crippen LogP contribution in [0.4, 0.5) is 0 Å². The molecule has 0 saturated heterocycles. The van der Waals surface area contributed by atoms with Gasteiger partial charge in [-0.1, -0.05) is 19.1 Å². The summed E-state index contributed by atoms with van der Waals surface area (Å²) in [4.78, 5) is 28.9. The quantitative estimate of drug-likeness (QED) is 0.253. The maximum Gasteiger partial charge on any atom is 0.306 e. The molecule has 110 valence electrons. The Kier molecular flexibility index (Phi) is 6.19. The topological polar surface area (TPSA) is 61.8 Å². The van der Waals surface area contributed by atoms with Crippen LogP contribution >= 0.6 is 12.0 Å². The van der Waals surface area contributed by atoms with Crippen LogP contribution in [0.2, 0.25) is 0 Å². The van der Waals surface area contributed by atoms with E-state index in [-0.39, 0.29) is 12.2 Å². The molecule has 0 saturated carbocycles. The summed E-state index contributed by atoms with van der Waals surface area (Å²) >= 11 is 1.04. The van der Waals surface area contributed by atoms with E-state index in [9.17, 15) is 9.59 Å². The molecule has 1 aromatic carbocycles. The van der Waals surface area contributed by atoms with Crippen LogP contribution in [0.1, 0.15) is 37.6 Å². The molecule has 0 heterocycles. The Bertz CT molecular complexity index is 467. The highest BCUT2D eigenvalue weighted by molar-refractivity contribution is 7.94. The monoisotopic (exact) mass is 298 g/mol. The number of hydrogen-bond acceptors (Lipinski definition) is 6. The second kappa shape index (κ2) is 7.42. The van der Waals surface area contributed by atoms with Crippen LogP contribution in [-0.4, -0.2) is 24.5 Å². The van der Waals surface area contributed by atoms with E-state index >= 15 is 0 Å². The number of carbonyl (C=O) groups is 2. The zero-order valence-corrected chi connectivity index (χ0v) is 12.8. The predicted molar refractivity (Wildman–Crippen MR) is 75.2 cm³/mol. The van der Waals surface area contributed by atoms with Crippen LogP contribution in [0.25, 0.3) is 0 Å². The van der Waals surface area contributed by atoms with Crippen molar-refractivity contribution in [3.05, 3.63) is 29.8 Å². The summed E-state index contributed by atoms with van der Waals surface area (Å²) in [7, 11) is 1.41. The van der Waals surface area contributed by atoms with Crippen molar-refractivity contribution in [3.8, 4) is 0 Å². The van der Waals surface area contributed by atoms with Gasteiger partial charge in [-0.3, -0.25) is 9.59 Å². The summed E-state index contributed by atoms with van der Waals surface area (Å²) in [6.07, 6.45) is 0.237. The van der Waals surface area contributed by atoms with Gasteiger partial charge in [0.2, 0.25) is 5.78 Å². The van der Waals surface area contributed by atoms with E-state index in [1.807, 2.05) is 0 Å². The maximum absolute atomic E-state index is 12.3. The summed E-state index contributed by atoms with van der Waals surface area (Å²) in [6.45, 7) is 4.85. The maximum atomic E-state index is 12.3. The molecule has 0 aliphatic carbocycles. The number of ketones is 1. The van der Waals surface area contributed by atoms with Crippen molar-refractivity contribution < 1.29 is 23.5 Å². The van der Waals surface area contributed by atoms with Crippen molar-refractivity contribution in [2.45, 2.75) is 37.7 Å². The molecule has 0 fully saturated rings. The fourth-order valence-electron chi connectivity index (χ4n) is 1.49. The van der Waals surface area contributed by atoms with E-state index in [0.29, 0.717) is 5.56 Å². The molecule has 1 aromatic rings. The average Bonchev–Trinajstić information content (AvgIpc) is 2.44. The van der Waals surface area contributed by atoms with Gasteiger partial charge >= 0.3 is 5.97 Å². The number of benzene rings is 1. The van der Waals surface area contributed by atoms with Gasteiger partial charge in [-0.25, -0.2) is 4.89 Å². The van der Waals surface area contributed by atoms with Gasteiger partial charge in [0.15, 0.2) is 5.60 Å². The van der Waals surface area contributed by atoms with Gasteiger partial charge in [0.25, 0.3) is 0 Å². The highest BCUT2D eigenvalue weighted by Gasteiger charge is 2.32. The molecule has 0 atom stereocenters. The standard InChI is InChI=1S/C14H18O5S/c1-5-12(15)18-14(2,3)13(16)10-6-8-11(9-7-10)20-19-17-4/h6-9H,5H2,1-4H3. The van der Waals surface area contributed by atoms with Crippen LogP contribution < -0.4 is 0 Å². The van der Waals surface area contributed by atoms with Gasteiger partial charge in [0.05, 0.1) is 19.2 Å². The number of rotatable bonds is 7. The number of esters is 1. The third-order valence-corrected chi connectivity index (χ3v) is 3.19. The first-order valence-electron chi connectivity index (χ1n) is 6.14. The van der Waals surface area contributed by atoms with Crippen LogP contribution in [0.3, 0.4) is 0 Å². The van der Waals surface area contributed by atoms with Gasteiger partial charge in [0.1, 0.15) is 0 Å². The van der Waals surface area contributed by atoms with Crippen LogP contribution in [0.15, 0.2) is 29.2 Å². The van der Waals surface area contributed by atoms with Crippen molar-refractivity contribution in [2.24, 2.45) is 0 Å². The lowest BCUT2D eigenvalue weighted by Gasteiger charge is -2.23. The second-order valence-electron chi connectivity index (χ2n) is 4.51. The summed E-state index contributed by atoms with van der Waals surface area (Å²) in [6, 6.07) is 6.78. The molecule has 0 N–H and O–H groups in total. The van der Waals surface area contributed by atoms with Gasteiger partial charge in [-0.2, -0.15) is 4.33 Å². The van der Waals surface area contributed by atoms with Gasteiger partial charge < -0.3 is 4.74 Å². The van der Waals surface area contributed by atoms with Crippen molar-refractivity contribution in [3.63, 3.8) is 0 Å². The lowest BCUT2D eigenvalue weighted by atomic mass is 9.96. The zero-order chi connectivity index (χ0) is 15.2. The first-order chi connectivity index (χ1) is 9.40. The molecule has 5 nitrogen and oxygen atoms in total. The van der Waals surface area contributed by atoms with Crippen molar-refractivity contribution in [2.75, 3.05) is 7.11 Å². The number of ether oxygens (including phenoxy) is 1. The van der Waals surface area contributed by atoms with Gasteiger partial charge in [0, 0.05) is 16.9 Å².